The third-order valence-electron chi connectivity index (χ3n) is 9.57. The molecule has 0 aliphatic heterocycles. The van der Waals surface area contributed by atoms with Crippen molar-refractivity contribution in [3.05, 3.63) is 175 Å². The molecule has 0 fully saturated rings. The van der Waals surface area contributed by atoms with Crippen LogP contribution in [0.1, 0.15) is 51.3 Å². The molecule has 0 saturated heterocycles. The average Bonchev–Trinajstić information content (AvgIpc) is 3.15. The molecule has 0 atom stereocenters. The molecule has 7 aromatic rings. The number of pyridine rings is 2. The summed E-state index contributed by atoms with van der Waals surface area (Å²) >= 11 is 0. The second-order valence-corrected chi connectivity index (χ2v) is 14.6. The summed E-state index contributed by atoms with van der Waals surface area (Å²) in [7, 11) is 0. The number of ether oxygens (including phenoxy) is 1. The number of phenols is 1. The maximum Gasteiger partial charge on any atom is 0.219 e. The molecule has 0 saturated carbocycles. The smallest absolute Gasteiger partial charge is 0.219 e. The van der Waals surface area contributed by atoms with E-state index in [0.29, 0.717) is 22.9 Å². The number of para-hydroxylation sites is 1. The van der Waals surface area contributed by atoms with E-state index in [1.807, 2.05) is 60.7 Å². The molecule has 0 bridgehead atoms. The summed E-state index contributed by atoms with van der Waals surface area (Å²) < 4.78 is 6.54. The first kappa shape index (κ1) is 33.5. The predicted octanol–water partition coefficient (Wildman–Crippen LogP) is 12.3. The van der Waals surface area contributed by atoms with Crippen molar-refractivity contribution in [2.75, 3.05) is 0 Å². The van der Waals surface area contributed by atoms with Crippen LogP contribution in [-0.2, 0) is 10.8 Å². The minimum atomic E-state index is -0.157. The van der Waals surface area contributed by atoms with Gasteiger partial charge in [-0.25, -0.2) is 9.97 Å². The van der Waals surface area contributed by atoms with E-state index in [-0.39, 0.29) is 16.6 Å². The number of hydrogen-bond acceptors (Lipinski definition) is 4. The van der Waals surface area contributed by atoms with Crippen LogP contribution in [0.3, 0.4) is 0 Å². The van der Waals surface area contributed by atoms with Crippen molar-refractivity contribution in [3.8, 4) is 62.1 Å². The molecule has 0 radical (unpaired) electrons. The summed E-state index contributed by atoms with van der Waals surface area (Å²) in [4.78, 5) is 9.70. The third kappa shape index (κ3) is 7.32. The van der Waals surface area contributed by atoms with E-state index in [1.165, 1.54) is 11.1 Å². The average molecular weight is 667 g/mol. The SMILES string of the molecule is CC(C)(C)c1cc(Oc2cc(-c3ccc(C(C)(C)c4ccccc4)cc3)ccn2)cc(-c2cc(-c3ccccc3)cc(-c3ccccc3O)n2)c1. The van der Waals surface area contributed by atoms with Gasteiger partial charge >= 0.3 is 0 Å². The van der Waals surface area contributed by atoms with Crippen LogP contribution in [0, 0.1) is 0 Å². The second kappa shape index (κ2) is 13.7. The van der Waals surface area contributed by atoms with Crippen LogP contribution < -0.4 is 4.74 Å². The van der Waals surface area contributed by atoms with Gasteiger partial charge in [0.1, 0.15) is 11.5 Å². The first-order valence-electron chi connectivity index (χ1n) is 17.4. The highest BCUT2D eigenvalue weighted by Crippen LogP contribution is 2.38. The Kier molecular flexibility index (Phi) is 9.01. The summed E-state index contributed by atoms with van der Waals surface area (Å²) in [6, 6.07) is 51.4. The Bertz CT molecular complexity index is 2290. The Hall–Kier alpha value is -6.00. The highest BCUT2D eigenvalue weighted by Gasteiger charge is 2.23. The van der Waals surface area contributed by atoms with Crippen molar-refractivity contribution >= 4 is 0 Å². The Morgan fingerprint density at radius 1 is 0.490 bits per heavy atom. The van der Waals surface area contributed by atoms with E-state index in [9.17, 15) is 5.11 Å². The van der Waals surface area contributed by atoms with Crippen LogP contribution in [0.15, 0.2) is 158 Å². The number of nitrogens with zero attached hydrogens (tertiary/aromatic N) is 2. The molecule has 2 aromatic heterocycles. The molecular formula is C47H42N2O2. The molecular weight excluding hydrogens is 625 g/mol. The zero-order chi connectivity index (χ0) is 35.6. The maximum absolute atomic E-state index is 10.8. The molecule has 51 heavy (non-hydrogen) atoms. The normalized spacial score (nSPS) is 11.7. The van der Waals surface area contributed by atoms with Gasteiger partial charge in [0.05, 0.1) is 11.4 Å². The Balaban J connectivity index is 1.25. The van der Waals surface area contributed by atoms with Gasteiger partial charge in [0.15, 0.2) is 0 Å². The number of aromatic hydroxyl groups is 1. The topological polar surface area (TPSA) is 55.2 Å². The molecule has 252 valence electrons. The number of hydrogen-bond donors (Lipinski definition) is 1. The number of phenolic OH excluding ortho intramolecular Hbond substituents is 1. The first-order chi connectivity index (χ1) is 24.5. The quantitative estimate of drug-likeness (QED) is 0.175. The summed E-state index contributed by atoms with van der Waals surface area (Å²) in [5, 5.41) is 10.8. The van der Waals surface area contributed by atoms with Crippen molar-refractivity contribution in [1.29, 1.82) is 0 Å². The molecule has 0 unspecified atom stereocenters. The lowest BCUT2D eigenvalue weighted by molar-refractivity contribution is 0.460. The van der Waals surface area contributed by atoms with Crippen LogP contribution in [0.5, 0.6) is 17.4 Å². The summed E-state index contributed by atoms with van der Waals surface area (Å²) in [6.07, 6.45) is 1.80. The van der Waals surface area contributed by atoms with Crippen molar-refractivity contribution in [2.24, 2.45) is 0 Å². The Labute approximate surface area is 301 Å². The number of aromatic nitrogens is 2. The number of rotatable bonds is 8. The second-order valence-electron chi connectivity index (χ2n) is 14.6. The van der Waals surface area contributed by atoms with Gasteiger partial charge in [0.25, 0.3) is 0 Å². The van der Waals surface area contributed by atoms with Gasteiger partial charge in [-0.3, -0.25) is 0 Å². The van der Waals surface area contributed by atoms with E-state index < -0.39 is 0 Å². The van der Waals surface area contributed by atoms with Gasteiger partial charge in [0, 0.05) is 28.8 Å². The lowest BCUT2D eigenvalue weighted by atomic mass is 9.78. The van der Waals surface area contributed by atoms with Crippen LogP contribution in [0.25, 0.3) is 44.8 Å². The Morgan fingerprint density at radius 2 is 1.12 bits per heavy atom. The summed E-state index contributed by atoms with van der Waals surface area (Å²) in [5.41, 5.74) is 10.7. The van der Waals surface area contributed by atoms with E-state index in [4.69, 9.17) is 9.72 Å². The fourth-order valence-electron chi connectivity index (χ4n) is 6.41. The van der Waals surface area contributed by atoms with Crippen LogP contribution in [0.4, 0.5) is 0 Å². The van der Waals surface area contributed by atoms with Crippen LogP contribution >= 0.6 is 0 Å². The number of benzene rings is 5. The molecule has 2 heterocycles. The van der Waals surface area contributed by atoms with Gasteiger partial charge < -0.3 is 9.84 Å². The van der Waals surface area contributed by atoms with Crippen molar-refractivity contribution in [3.63, 3.8) is 0 Å². The van der Waals surface area contributed by atoms with Gasteiger partial charge in [-0.15, -0.1) is 0 Å². The van der Waals surface area contributed by atoms with E-state index in [0.717, 1.165) is 39.1 Å². The molecule has 0 aliphatic rings. The molecule has 1 N–H and O–H groups in total. The monoisotopic (exact) mass is 666 g/mol. The molecule has 0 spiro atoms. The van der Waals surface area contributed by atoms with Gasteiger partial charge in [-0.05, 0) is 92.9 Å². The van der Waals surface area contributed by atoms with E-state index in [2.05, 4.69) is 125 Å². The first-order valence-corrected chi connectivity index (χ1v) is 17.4. The molecule has 4 nitrogen and oxygen atoms in total. The maximum atomic E-state index is 10.8. The minimum absolute atomic E-state index is 0.111. The molecule has 0 amide bonds. The minimum Gasteiger partial charge on any atom is -0.507 e. The van der Waals surface area contributed by atoms with Gasteiger partial charge in [-0.2, -0.15) is 0 Å². The van der Waals surface area contributed by atoms with Crippen molar-refractivity contribution < 1.29 is 9.84 Å². The Morgan fingerprint density at radius 3 is 1.82 bits per heavy atom. The molecule has 5 aromatic carbocycles. The molecule has 4 heteroatoms. The fourth-order valence-corrected chi connectivity index (χ4v) is 6.41. The van der Waals surface area contributed by atoms with Gasteiger partial charge in [0.2, 0.25) is 5.88 Å². The van der Waals surface area contributed by atoms with Crippen LogP contribution in [0.2, 0.25) is 0 Å². The predicted molar refractivity (Wildman–Crippen MR) is 209 cm³/mol. The lowest BCUT2D eigenvalue weighted by Crippen LogP contribution is -2.18. The standard InChI is InChI=1S/C47H42N2O2/c1-46(2,3)39-26-36(42-28-35(32-14-8-6-9-15-32)29-43(49-42)41-18-12-13-19-44(41)50)27-40(31-39)51-45-30-34(24-25-48-45)33-20-22-38(23-21-33)47(4,5)37-16-10-7-11-17-37/h6-31,50H,1-5H3. The van der Waals surface area contributed by atoms with Crippen molar-refractivity contribution in [2.45, 2.75) is 45.4 Å². The van der Waals surface area contributed by atoms with Crippen LogP contribution in [-0.4, -0.2) is 15.1 Å². The third-order valence-corrected chi connectivity index (χ3v) is 9.57. The highest BCUT2D eigenvalue weighted by atomic mass is 16.5. The molecule has 0 aliphatic carbocycles. The summed E-state index contributed by atoms with van der Waals surface area (Å²) in [6.45, 7) is 11.1. The van der Waals surface area contributed by atoms with Gasteiger partial charge in [-0.1, -0.05) is 132 Å². The highest BCUT2D eigenvalue weighted by molar-refractivity contribution is 5.79. The largest absolute Gasteiger partial charge is 0.507 e. The lowest BCUT2D eigenvalue weighted by Gasteiger charge is -2.26. The fraction of sp³-hybridized carbons (Fsp3) is 0.149. The van der Waals surface area contributed by atoms with E-state index >= 15 is 0 Å². The van der Waals surface area contributed by atoms with E-state index in [1.54, 1.807) is 12.3 Å². The summed E-state index contributed by atoms with van der Waals surface area (Å²) in [5.74, 6) is 1.38. The zero-order valence-corrected chi connectivity index (χ0v) is 29.8. The molecule has 7 rings (SSSR count). The zero-order valence-electron chi connectivity index (χ0n) is 29.8. The van der Waals surface area contributed by atoms with Crippen molar-refractivity contribution in [1.82, 2.24) is 9.97 Å².